The van der Waals surface area contributed by atoms with Crippen LogP contribution in [-0.2, 0) is 9.59 Å². The third-order valence-electron chi connectivity index (χ3n) is 4.90. The van der Waals surface area contributed by atoms with E-state index in [0.717, 1.165) is 10.1 Å². The summed E-state index contributed by atoms with van der Waals surface area (Å²) in [5.41, 5.74) is 2.79. The van der Waals surface area contributed by atoms with Gasteiger partial charge in [-0.2, -0.15) is 5.10 Å². The Morgan fingerprint density at radius 2 is 1.70 bits per heavy atom. The van der Waals surface area contributed by atoms with Crippen LogP contribution >= 0.6 is 46.1 Å². The van der Waals surface area contributed by atoms with Gasteiger partial charge < -0.3 is 14.8 Å². The molecule has 0 bridgehead atoms. The molecule has 0 fully saturated rings. The number of thiophene rings is 1. The van der Waals surface area contributed by atoms with Gasteiger partial charge in [-0.25, -0.2) is 10.2 Å². The van der Waals surface area contributed by atoms with Gasteiger partial charge >= 0.3 is 17.8 Å². The quantitative estimate of drug-likeness (QED) is 0.0938. The van der Waals surface area contributed by atoms with Gasteiger partial charge in [-0.15, -0.1) is 11.3 Å². The van der Waals surface area contributed by atoms with Crippen molar-refractivity contribution >= 4 is 85.9 Å². The van der Waals surface area contributed by atoms with Crippen molar-refractivity contribution in [2.24, 2.45) is 5.10 Å². The number of ether oxygens (including phenoxy) is 2. The fourth-order valence-electron chi connectivity index (χ4n) is 3.14. The number of amides is 2. The highest BCUT2D eigenvalue weighted by molar-refractivity contribution is 7.21. The number of hydrogen-bond acceptors (Lipinski definition) is 7. The van der Waals surface area contributed by atoms with Crippen LogP contribution < -0.4 is 20.2 Å². The second-order valence-corrected chi connectivity index (χ2v) is 9.51. The normalized spacial score (nSPS) is 10.9. The van der Waals surface area contributed by atoms with E-state index in [9.17, 15) is 14.4 Å². The summed E-state index contributed by atoms with van der Waals surface area (Å²) in [6.07, 6.45) is 1.29. The number of rotatable bonds is 6. The Morgan fingerprint density at radius 1 is 0.919 bits per heavy atom. The van der Waals surface area contributed by atoms with Crippen molar-refractivity contribution in [3.8, 4) is 11.5 Å². The molecule has 1 heterocycles. The molecule has 8 nitrogen and oxygen atoms in total. The number of fused-ring (bicyclic) bond motifs is 1. The van der Waals surface area contributed by atoms with Gasteiger partial charge in [0.05, 0.1) is 34.1 Å². The van der Waals surface area contributed by atoms with Crippen molar-refractivity contribution in [2.75, 3.05) is 12.4 Å². The molecule has 4 aromatic rings. The van der Waals surface area contributed by atoms with Gasteiger partial charge in [0.25, 0.3) is 0 Å². The highest BCUT2D eigenvalue weighted by Crippen LogP contribution is 2.37. The maximum absolute atomic E-state index is 12.8. The lowest BCUT2D eigenvalue weighted by molar-refractivity contribution is -0.136. The molecular formula is C25H16Cl3N3O5S. The number of halogens is 3. The number of hydrogen-bond donors (Lipinski definition) is 2. The summed E-state index contributed by atoms with van der Waals surface area (Å²) in [6.45, 7) is 0. The van der Waals surface area contributed by atoms with Crippen LogP contribution in [0, 0.1) is 0 Å². The van der Waals surface area contributed by atoms with Crippen molar-refractivity contribution < 1.29 is 23.9 Å². The summed E-state index contributed by atoms with van der Waals surface area (Å²) >= 11 is 19.5. The number of benzene rings is 3. The predicted molar refractivity (Wildman–Crippen MR) is 146 cm³/mol. The predicted octanol–water partition coefficient (Wildman–Crippen LogP) is 6.18. The van der Waals surface area contributed by atoms with Gasteiger partial charge in [0.15, 0.2) is 11.5 Å². The molecule has 1 aromatic heterocycles. The van der Waals surface area contributed by atoms with E-state index in [1.807, 2.05) is 24.3 Å². The summed E-state index contributed by atoms with van der Waals surface area (Å²) in [6, 6.07) is 16.6. The Balaban J connectivity index is 1.40. The van der Waals surface area contributed by atoms with Crippen LogP contribution in [0.5, 0.6) is 11.5 Å². The Bertz CT molecular complexity index is 1550. The van der Waals surface area contributed by atoms with Crippen LogP contribution in [0.25, 0.3) is 10.1 Å². The zero-order valence-electron chi connectivity index (χ0n) is 18.9. The van der Waals surface area contributed by atoms with E-state index in [1.165, 1.54) is 42.9 Å². The summed E-state index contributed by atoms with van der Waals surface area (Å²) in [5, 5.41) is 7.55. The van der Waals surface area contributed by atoms with E-state index >= 15 is 0 Å². The molecule has 3 aromatic carbocycles. The third kappa shape index (κ3) is 6.03. The fraction of sp³-hybridized carbons (Fsp3) is 0.0400. The molecule has 0 atom stereocenters. The van der Waals surface area contributed by atoms with E-state index < -0.39 is 17.8 Å². The molecule has 2 N–H and O–H groups in total. The van der Waals surface area contributed by atoms with E-state index in [-0.39, 0.29) is 32.1 Å². The third-order valence-corrected chi connectivity index (χ3v) is 7.37. The first-order valence-electron chi connectivity index (χ1n) is 10.4. The number of carbonyl (C=O) groups excluding carboxylic acids is 3. The molecule has 0 spiro atoms. The maximum Gasteiger partial charge on any atom is 0.355 e. The van der Waals surface area contributed by atoms with Gasteiger partial charge in [-0.3, -0.25) is 9.59 Å². The molecule has 4 rings (SSSR count). The Labute approximate surface area is 229 Å². The smallest absolute Gasteiger partial charge is 0.355 e. The molecule has 37 heavy (non-hydrogen) atoms. The van der Waals surface area contributed by atoms with E-state index in [2.05, 4.69) is 15.8 Å². The number of hydrazone groups is 1. The second-order valence-electron chi connectivity index (χ2n) is 7.30. The summed E-state index contributed by atoms with van der Waals surface area (Å²) in [4.78, 5) is 37.2. The van der Waals surface area contributed by atoms with Gasteiger partial charge in [-0.1, -0.05) is 59.1 Å². The summed E-state index contributed by atoms with van der Waals surface area (Å²) in [7, 11) is 1.41. The minimum absolute atomic E-state index is 0.108. The second kappa shape index (κ2) is 11.6. The number of anilines is 1. The lowest BCUT2D eigenvalue weighted by Gasteiger charge is -2.09. The summed E-state index contributed by atoms with van der Waals surface area (Å²) in [5.74, 6) is -2.22. The van der Waals surface area contributed by atoms with Crippen molar-refractivity contribution in [3.63, 3.8) is 0 Å². The van der Waals surface area contributed by atoms with Crippen LogP contribution in [0.2, 0.25) is 15.1 Å². The van der Waals surface area contributed by atoms with Crippen LogP contribution in [-0.4, -0.2) is 31.1 Å². The topological polar surface area (TPSA) is 106 Å². The molecular weight excluding hydrogens is 561 g/mol. The molecule has 0 aliphatic heterocycles. The average molecular weight is 577 g/mol. The molecule has 0 aliphatic carbocycles. The number of methoxy groups -OCH3 is 1. The Hall–Kier alpha value is -3.63. The van der Waals surface area contributed by atoms with Crippen molar-refractivity contribution in [2.45, 2.75) is 0 Å². The van der Waals surface area contributed by atoms with Gasteiger partial charge in [0, 0.05) is 10.1 Å². The van der Waals surface area contributed by atoms with Crippen LogP contribution in [0.3, 0.4) is 0 Å². The number of nitrogens with one attached hydrogen (secondary N) is 2. The monoisotopic (exact) mass is 575 g/mol. The zero-order chi connectivity index (χ0) is 26.5. The molecule has 12 heteroatoms. The molecule has 188 valence electrons. The molecule has 2 amide bonds. The number of carbonyl (C=O) groups is 3. The minimum Gasteiger partial charge on any atom is -0.493 e. The highest BCUT2D eigenvalue weighted by atomic mass is 35.5. The van der Waals surface area contributed by atoms with Crippen LogP contribution in [0.1, 0.15) is 15.2 Å². The molecule has 0 radical (unpaired) electrons. The first kappa shape index (κ1) is 26.4. The minimum atomic E-state index is -1.02. The van der Waals surface area contributed by atoms with Crippen LogP contribution in [0.4, 0.5) is 5.69 Å². The van der Waals surface area contributed by atoms with Gasteiger partial charge in [0.1, 0.15) is 4.88 Å². The van der Waals surface area contributed by atoms with Crippen molar-refractivity contribution in [1.82, 2.24) is 5.43 Å². The van der Waals surface area contributed by atoms with E-state index in [0.29, 0.717) is 10.6 Å². The van der Waals surface area contributed by atoms with Gasteiger partial charge in [-0.05, 0) is 42.0 Å². The fourth-order valence-corrected chi connectivity index (χ4v) is 4.87. The highest BCUT2D eigenvalue weighted by Gasteiger charge is 2.20. The van der Waals surface area contributed by atoms with Crippen molar-refractivity contribution in [1.29, 1.82) is 0 Å². The lowest BCUT2D eigenvalue weighted by Crippen LogP contribution is -2.32. The Kier molecular flexibility index (Phi) is 8.30. The standard InChI is InChI=1S/C25H16Cl3N3O5S/c1-35-18-11-13(12-29-31-24(33)23(32)30-16-7-4-6-15(26)21(16)28)9-10-17(18)36-25(34)22-20(27)14-5-2-3-8-19(14)37-22/h2-12H,1H3,(H,30,32)(H,31,33). The van der Waals surface area contributed by atoms with E-state index in [1.54, 1.807) is 18.2 Å². The van der Waals surface area contributed by atoms with Crippen molar-refractivity contribution in [3.05, 3.63) is 86.2 Å². The average Bonchev–Trinajstić information content (AvgIpc) is 3.24. The molecule has 0 saturated heterocycles. The largest absolute Gasteiger partial charge is 0.493 e. The van der Waals surface area contributed by atoms with Crippen LogP contribution in [0.15, 0.2) is 65.8 Å². The SMILES string of the molecule is COc1cc(C=NNC(=O)C(=O)Nc2cccc(Cl)c2Cl)ccc1OC(=O)c1sc2ccccc2c1Cl. The number of esters is 1. The molecule has 0 unspecified atom stereocenters. The maximum atomic E-state index is 12.8. The first-order valence-corrected chi connectivity index (χ1v) is 12.4. The number of nitrogens with zero attached hydrogens (tertiary/aromatic N) is 1. The molecule has 0 saturated carbocycles. The molecule has 0 aliphatic rings. The van der Waals surface area contributed by atoms with E-state index in [4.69, 9.17) is 44.3 Å². The van der Waals surface area contributed by atoms with Gasteiger partial charge in [0.2, 0.25) is 0 Å². The Morgan fingerprint density at radius 3 is 2.46 bits per heavy atom. The lowest BCUT2D eigenvalue weighted by atomic mass is 10.2. The zero-order valence-corrected chi connectivity index (χ0v) is 22.0. The first-order chi connectivity index (χ1) is 17.8. The summed E-state index contributed by atoms with van der Waals surface area (Å²) < 4.78 is 11.7.